The Hall–Kier alpha value is -2.08. The van der Waals surface area contributed by atoms with E-state index in [1.807, 2.05) is 46.8 Å². The van der Waals surface area contributed by atoms with E-state index in [2.05, 4.69) is 5.32 Å². The minimum atomic E-state index is -1.07. The third kappa shape index (κ3) is 8.54. The molecular formula is C19H29NO5. The number of carboxylic acid groups (broad SMARTS) is 1. The molecule has 25 heavy (non-hydrogen) atoms. The van der Waals surface area contributed by atoms with E-state index >= 15 is 0 Å². The molecule has 6 nitrogen and oxygen atoms in total. The topological polar surface area (TPSA) is 84.9 Å². The molecule has 0 aliphatic heterocycles. The maximum absolute atomic E-state index is 12.3. The van der Waals surface area contributed by atoms with Gasteiger partial charge in [-0.3, -0.25) is 4.79 Å². The second-order valence-electron chi connectivity index (χ2n) is 7.16. The van der Waals surface area contributed by atoms with Crippen LogP contribution in [0.1, 0.15) is 46.6 Å². The van der Waals surface area contributed by atoms with Crippen molar-refractivity contribution in [1.82, 2.24) is 5.32 Å². The van der Waals surface area contributed by atoms with E-state index in [1.54, 1.807) is 12.1 Å². The van der Waals surface area contributed by atoms with Gasteiger partial charge in [0.25, 0.3) is 0 Å². The van der Waals surface area contributed by atoms with Gasteiger partial charge in [-0.25, -0.2) is 4.79 Å². The normalized spacial score (nSPS) is 12.7. The first-order valence-corrected chi connectivity index (χ1v) is 8.49. The molecule has 0 spiro atoms. The molecule has 0 saturated heterocycles. The maximum Gasteiger partial charge on any atom is 0.326 e. The van der Waals surface area contributed by atoms with Crippen LogP contribution in [-0.2, 0) is 20.7 Å². The number of hydrogen-bond acceptors (Lipinski definition) is 4. The Balaban J connectivity index is 2.65. The van der Waals surface area contributed by atoms with Crippen LogP contribution in [-0.4, -0.2) is 41.3 Å². The summed E-state index contributed by atoms with van der Waals surface area (Å²) in [5.41, 5.74) is 0.379. The lowest BCUT2D eigenvalue weighted by molar-refractivity contribution is -0.142. The molecule has 0 saturated carbocycles. The lowest BCUT2D eigenvalue weighted by atomic mass is 10.1. The zero-order valence-electron chi connectivity index (χ0n) is 15.7. The molecule has 6 heteroatoms. The van der Waals surface area contributed by atoms with Gasteiger partial charge in [-0.1, -0.05) is 18.2 Å². The SMILES string of the molecule is CC(C)Oc1ccccc1CC(=O)NC(CCOC(C)(C)C)C(=O)O. The van der Waals surface area contributed by atoms with Crippen molar-refractivity contribution < 1.29 is 24.2 Å². The summed E-state index contributed by atoms with van der Waals surface area (Å²) in [4.78, 5) is 23.6. The number of ether oxygens (including phenoxy) is 2. The number of aliphatic carboxylic acids is 1. The average molecular weight is 351 g/mol. The van der Waals surface area contributed by atoms with Crippen molar-refractivity contribution in [2.45, 2.75) is 65.2 Å². The molecule has 1 aromatic rings. The van der Waals surface area contributed by atoms with Crippen molar-refractivity contribution in [2.75, 3.05) is 6.61 Å². The van der Waals surface area contributed by atoms with Crippen LogP contribution >= 0.6 is 0 Å². The third-order valence-electron chi connectivity index (χ3n) is 3.26. The molecule has 1 aromatic carbocycles. The summed E-state index contributed by atoms with van der Waals surface area (Å²) >= 11 is 0. The van der Waals surface area contributed by atoms with Gasteiger partial charge in [0, 0.05) is 18.6 Å². The highest BCUT2D eigenvalue weighted by molar-refractivity contribution is 5.85. The fourth-order valence-corrected chi connectivity index (χ4v) is 2.18. The first-order chi connectivity index (χ1) is 11.6. The highest BCUT2D eigenvalue weighted by Gasteiger charge is 2.22. The standard InChI is InChI=1S/C19H29NO5/c1-13(2)25-16-9-7-6-8-14(16)12-17(21)20-15(18(22)23)10-11-24-19(3,4)5/h6-9,13,15H,10-12H2,1-5H3,(H,20,21)(H,22,23). The Morgan fingerprint density at radius 1 is 1.20 bits per heavy atom. The number of carbonyl (C=O) groups excluding carboxylic acids is 1. The molecule has 0 aromatic heterocycles. The molecule has 0 bridgehead atoms. The monoisotopic (exact) mass is 351 g/mol. The smallest absolute Gasteiger partial charge is 0.326 e. The van der Waals surface area contributed by atoms with Crippen molar-refractivity contribution in [2.24, 2.45) is 0 Å². The number of carbonyl (C=O) groups is 2. The molecule has 2 N–H and O–H groups in total. The van der Waals surface area contributed by atoms with Gasteiger partial charge in [-0.15, -0.1) is 0 Å². The minimum Gasteiger partial charge on any atom is -0.491 e. The summed E-state index contributed by atoms with van der Waals surface area (Å²) in [6.45, 7) is 9.76. The zero-order chi connectivity index (χ0) is 19.0. The second-order valence-corrected chi connectivity index (χ2v) is 7.16. The van der Waals surface area contributed by atoms with E-state index in [1.165, 1.54) is 0 Å². The van der Waals surface area contributed by atoms with Crippen molar-refractivity contribution in [1.29, 1.82) is 0 Å². The summed E-state index contributed by atoms with van der Waals surface area (Å²) in [5, 5.41) is 11.9. The van der Waals surface area contributed by atoms with E-state index in [4.69, 9.17) is 9.47 Å². The molecule has 0 radical (unpaired) electrons. The number of hydrogen-bond donors (Lipinski definition) is 2. The Morgan fingerprint density at radius 3 is 2.40 bits per heavy atom. The fourth-order valence-electron chi connectivity index (χ4n) is 2.18. The Morgan fingerprint density at radius 2 is 1.84 bits per heavy atom. The maximum atomic E-state index is 12.3. The van der Waals surface area contributed by atoms with E-state index in [0.717, 1.165) is 5.56 Å². The minimum absolute atomic E-state index is 0.00877. The molecule has 1 amide bonds. The second kappa shape index (κ2) is 9.42. The molecule has 0 aliphatic rings. The first-order valence-electron chi connectivity index (χ1n) is 8.49. The number of amides is 1. The largest absolute Gasteiger partial charge is 0.491 e. The van der Waals surface area contributed by atoms with Crippen LogP contribution in [0.2, 0.25) is 0 Å². The number of benzene rings is 1. The quantitative estimate of drug-likeness (QED) is 0.715. The lowest BCUT2D eigenvalue weighted by Crippen LogP contribution is -2.42. The summed E-state index contributed by atoms with van der Waals surface area (Å²) in [5.74, 6) is -0.795. The molecule has 140 valence electrons. The summed E-state index contributed by atoms with van der Waals surface area (Å²) < 4.78 is 11.2. The van der Waals surface area contributed by atoms with Crippen molar-refractivity contribution >= 4 is 11.9 Å². The average Bonchev–Trinajstić information content (AvgIpc) is 2.46. The Labute approximate surface area is 149 Å². The van der Waals surface area contributed by atoms with Crippen LogP contribution in [0.5, 0.6) is 5.75 Å². The van der Waals surface area contributed by atoms with Crippen LogP contribution in [0.4, 0.5) is 0 Å². The Bertz CT molecular complexity index is 577. The lowest BCUT2D eigenvalue weighted by Gasteiger charge is -2.21. The fraction of sp³-hybridized carbons (Fsp3) is 0.579. The van der Waals surface area contributed by atoms with Gasteiger partial charge < -0.3 is 19.9 Å². The molecule has 0 aliphatic carbocycles. The van der Waals surface area contributed by atoms with Crippen LogP contribution in [0, 0.1) is 0 Å². The summed E-state index contributed by atoms with van der Waals surface area (Å²) in [6, 6.07) is 6.28. The molecule has 0 fully saturated rings. The van der Waals surface area contributed by atoms with Crippen molar-refractivity contribution in [3.05, 3.63) is 29.8 Å². The summed E-state index contributed by atoms with van der Waals surface area (Å²) in [7, 11) is 0. The van der Waals surface area contributed by atoms with E-state index in [-0.39, 0.29) is 37.1 Å². The van der Waals surface area contributed by atoms with Gasteiger partial charge in [-0.05, 0) is 40.7 Å². The predicted molar refractivity (Wildman–Crippen MR) is 95.8 cm³/mol. The highest BCUT2D eigenvalue weighted by Crippen LogP contribution is 2.20. The number of nitrogens with one attached hydrogen (secondary N) is 1. The van der Waals surface area contributed by atoms with E-state index in [0.29, 0.717) is 5.75 Å². The molecule has 1 rings (SSSR count). The van der Waals surface area contributed by atoms with E-state index < -0.39 is 12.0 Å². The first kappa shape index (κ1) is 21.0. The van der Waals surface area contributed by atoms with Gasteiger partial charge in [0.2, 0.25) is 5.91 Å². The zero-order valence-corrected chi connectivity index (χ0v) is 15.7. The van der Waals surface area contributed by atoms with Gasteiger partial charge in [0.15, 0.2) is 0 Å². The molecule has 1 unspecified atom stereocenters. The van der Waals surface area contributed by atoms with Gasteiger partial charge in [-0.2, -0.15) is 0 Å². The Kier molecular flexibility index (Phi) is 7.90. The van der Waals surface area contributed by atoms with Gasteiger partial charge >= 0.3 is 5.97 Å². The van der Waals surface area contributed by atoms with Crippen molar-refractivity contribution in [3.63, 3.8) is 0 Å². The number of carboxylic acids is 1. The molecule has 0 heterocycles. The highest BCUT2D eigenvalue weighted by atomic mass is 16.5. The van der Waals surface area contributed by atoms with Crippen LogP contribution < -0.4 is 10.1 Å². The van der Waals surface area contributed by atoms with Crippen LogP contribution in [0.15, 0.2) is 24.3 Å². The van der Waals surface area contributed by atoms with Gasteiger partial charge in [0.1, 0.15) is 11.8 Å². The van der Waals surface area contributed by atoms with Crippen molar-refractivity contribution in [3.8, 4) is 5.75 Å². The third-order valence-corrected chi connectivity index (χ3v) is 3.26. The number of para-hydroxylation sites is 1. The van der Waals surface area contributed by atoms with Crippen LogP contribution in [0.3, 0.4) is 0 Å². The van der Waals surface area contributed by atoms with E-state index in [9.17, 15) is 14.7 Å². The summed E-state index contributed by atoms with van der Waals surface area (Å²) in [6.07, 6.45) is 0.264. The molecule has 1 atom stereocenters. The molecular weight excluding hydrogens is 322 g/mol. The van der Waals surface area contributed by atoms with Gasteiger partial charge in [0.05, 0.1) is 18.1 Å². The van der Waals surface area contributed by atoms with Crippen LogP contribution in [0.25, 0.3) is 0 Å². The predicted octanol–water partition coefficient (Wildman–Crippen LogP) is 2.79. The number of rotatable bonds is 9.